The number of nitrogens with one attached hydrogen (secondary N) is 2. The van der Waals surface area contributed by atoms with E-state index in [9.17, 15) is 14.0 Å². The van der Waals surface area contributed by atoms with Gasteiger partial charge in [0, 0.05) is 35.0 Å². The number of nitrogens with zero attached hydrogens (tertiary/aromatic N) is 2. The maximum Gasteiger partial charge on any atom is 0.249 e. The van der Waals surface area contributed by atoms with Crippen molar-refractivity contribution >= 4 is 23.3 Å². The van der Waals surface area contributed by atoms with Crippen molar-refractivity contribution in [3.63, 3.8) is 0 Å². The molecule has 2 heterocycles. The van der Waals surface area contributed by atoms with Crippen molar-refractivity contribution in [1.82, 2.24) is 9.78 Å². The van der Waals surface area contributed by atoms with Crippen LogP contribution in [0.15, 0.2) is 42.5 Å². The number of benzene rings is 2. The molecule has 9 heteroatoms. The molecule has 1 atom stereocenters. The highest BCUT2D eigenvalue weighted by atomic mass is 19.1. The number of amides is 2. The van der Waals surface area contributed by atoms with Crippen LogP contribution in [0.2, 0.25) is 0 Å². The second-order valence-electron chi connectivity index (χ2n) is 7.13. The quantitative estimate of drug-likeness (QED) is 0.653. The maximum absolute atomic E-state index is 13.3. The van der Waals surface area contributed by atoms with Gasteiger partial charge < -0.3 is 20.1 Å². The van der Waals surface area contributed by atoms with E-state index in [-0.39, 0.29) is 18.1 Å². The first-order valence-corrected chi connectivity index (χ1v) is 9.58. The molecule has 160 valence electrons. The Hall–Kier alpha value is -3.88. The number of aromatic nitrogens is 2. The maximum atomic E-state index is 13.3. The zero-order valence-corrected chi connectivity index (χ0v) is 17.2. The number of anilines is 2. The third-order valence-electron chi connectivity index (χ3n) is 5.12. The van der Waals surface area contributed by atoms with E-state index in [4.69, 9.17) is 9.47 Å². The first-order valence-electron chi connectivity index (χ1n) is 9.58. The summed E-state index contributed by atoms with van der Waals surface area (Å²) in [6.07, 6.45) is -0.0656. The van der Waals surface area contributed by atoms with Crippen LogP contribution in [-0.2, 0) is 9.59 Å². The largest absolute Gasteiger partial charge is 0.497 e. The van der Waals surface area contributed by atoms with E-state index in [0.29, 0.717) is 39.8 Å². The summed E-state index contributed by atoms with van der Waals surface area (Å²) in [5, 5.41) is 10.2. The molecule has 1 aromatic heterocycles. The van der Waals surface area contributed by atoms with Crippen molar-refractivity contribution in [3.05, 3.63) is 53.8 Å². The normalized spacial score (nSPS) is 15.1. The van der Waals surface area contributed by atoms with Crippen LogP contribution in [0.25, 0.3) is 11.3 Å². The average Bonchev–Trinajstić information content (AvgIpc) is 3.09. The summed E-state index contributed by atoms with van der Waals surface area (Å²) in [7, 11) is 3.03. The molecule has 1 aliphatic rings. The number of methoxy groups -OCH3 is 2. The van der Waals surface area contributed by atoms with Crippen molar-refractivity contribution in [2.24, 2.45) is 0 Å². The van der Waals surface area contributed by atoms with Crippen LogP contribution >= 0.6 is 0 Å². The Balaban J connectivity index is 1.68. The zero-order chi connectivity index (χ0) is 22.1. The number of ether oxygens (including phenoxy) is 2. The highest BCUT2D eigenvalue weighted by Crippen LogP contribution is 2.35. The number of rotatable bonds is 5. The molecular formula is C22H21FN4O4. The minimum atomic E-state index is -0.853. The lowest BCUT2D eigenvalue weighted by atomic mass is 10.1. The molecule has 0 spiro atoms. The zero-order valence-electron chi connectivity index (χ0n) is 17.2. The SMILES string of the molecule is COc1cc(NC(=O)[C@H]2CC(=O)Nc3c(C)c(-c4ccc(F)cc4)nn32)cc(OC)c1. The standard InChI is InChI=1S/C22H21FN4O4/c1-12-20(13-4-6-14(23)7-5-13)26-27-18(11-19(28)25-21(12)27)22(29)24-15-8-16(30-2)10-17(9-15)31-3/h4-10,18H,11H2,1-3H3,(H,24,29)(H,25,28)/t18-/m1/s1. The van der Waals surface area contributed by atoms with Gasteiger partial charge in [-0.1, -0.05) is 0 Å². The topological polar surface area (TPSA) is 94.5 Å². The Labute approximate surface area is 178 Å². The minimum Gasteiger partial charge on any atom is -0.497 e. The van der Waals surface area contributed by atoms with E-state index in [1.54, 1.807) is 37.3 Å². The minimum absolute atomic E-state index is 0.0656. The fourth-order valence-electron chi connectivity index (χ4n) is 3.53. The van der Waals surface area contributed by atoms with Gasteiger partial charge in [-0.2, -0.15) is 5.10 Å². The Kier molecular flexibility index (Phi) is 5.33. The third-order valence-corrected chi connectivity index (χ3v) is 5.12. The molecule has 0 radical (unpaired) electrons. The summed E-state index contributed by atoms with van der Waals surface area (Å²) < 4.78 is 25.3. The lowest BCUT2D eigenvalue weighted by Gasteiger charge is -2.24. The van der Waals surface area contributed by atoms with Crippen LogP contribution in [0.3, 0.4) is 0 Å². The van der Waals surface area contributed by atoms with Gasteiger partial charge >= 0.3 is 0 Å². The van der Waals surface area contributed by atoms with Crippen LogP contribution in [0.4, 0.5) is 15.9 Å². The summed E-state index contributed by atoms with van der Waals surface area (Å²) in [6, 6.07) is 10.0. The molecule has 2 aromatic carbocycles. The molecule has 2 N–H and O–H groups in total. The molecule has 1 aliphatic heterocycles. The average molecular weight is 424 g/mol. The fraction of sp³-hybridized carbons (Fsp3) is 0.227. The van der Waals surface area contributed by atoms with Gasteiger partial charge in [0.1, 0.15) is 29.2 Å². The highest BCUT2D eigenvalue weighted by Gasteiger charge is 2.34. The molecule has 2 amide bonds. The summed E-state index contributed by atoms with van der Waals surface area (Å²) in [4.78, 5) is 25.4. The van der Waals surface area contributed by atoms with Crippen molar-refractivity contribution in [2.45, 2.75) is 19.4 Å². The van der Waals surface area contributed by atoms with Gasteiger partial charge in [0.2, 0.25) is 11.8 Å². The Bertz CT molecular complexity index is 1130. The highest BCUT2D eigenvalue weighted by molar-refractivity contribution is 6.02. The van der Waals surface area contributed by atoms with E-state index in [2.05, 4.69) is 15.7 Å². The predicted octanol–water partition coefficient (Wildman–Crippen LogP) is 3.54. The van der Waals surface area contributed by atoms with E-state index in [1.165, 1.54) is 31.0 Å². The Morgan fingerprint density at radius 2 is 1.81 bits per heavy atom. The molecule has 8 nitrogen and oxygen atoms in total. The first kappa shape index (κ1) is 20.4. The second kappa shape index (κ2) is 8.10. The monoisotopic (exact) mass is 424 g/mol. The number of halogens is 1. The number of hydrogen-bond donors (Lipinski definition) is 2. The van der Waals surface area contributed by atoms with Crippen LogP contribution in [-0.4, -0.2) is 35.8 Å². The second-order valence-corrected chi connectivity index (χ2v) is 7.13. The molecule has 0 bridgehead atoms. The van der Waals surface area contributed by atoms with Gasteiger partial charge in [0.25, 0.3) is 0 Å². The number of carbonyl (C=O) groups excluding carboxylic acids is 2. The molecular weight excluding hydrogens is 403 g/mol. The first-order chi connectivity index (χ1) is 14.9. The van der Waals surface area contributed by atoms with Gasteiger partial charge in [-0.3, -0.25) is 9.59 Å². The summed E-state index contributed by atoms with van der Waals surface area (Å²) in [6.45, 7) is 1.80. The van der Waals surface area contributed by atoms with Gasteiger partial charge in [0.15, 0.2) is 0 Å². The summed E-state index contributed by atoms with van der Waals surface area (Å²) in [5.74, 6) is 0.434. The van der Waals surface area contributed by atoms with E-state index < -0.39 is 11.9 Å². The predicted molar refractivity (Wildman–Crippen MR) is 113 cm³/mol. The van der Waals surface area contributed by atoms with Crippen LogP contribution in [0.5, 0.6) is 11.5 Å². The molecule has 0 saturated heterocycles. The van der Waals surface area contributed by atoms with Gasteiger partial charge in [-0.05, 0) is 31.2 Å². The smallest absolute Gasteiger partial charge is 0.249 e. The van der Waals surface area contributed by atoms with Crippen molar-refractivity contribution in [3.8, 4) is 22.8 Å². The number of carbonyl (C=O) groups is 2. The molecule has 3 aromatic rings. The van der Waals surface area contributed by atoms with Crippen molar-refractivity contribution < 1.29 is 23.5 Å². The lowest BCUT2D eigenvalue weighted by molar-refractivity contribution is -0.125. The van der Waals surface area contributed by atoms with Gasteiger partial charge in [-0.15, -0.1) is 0 Å². The van der Waals surface area contributed by atoms with Crippen LogP contribution < -0.4 is 20.1 Å². The Morgan fingerprint density at radius 1 is 1.16 bits per heavy atom. The number of fused-ring (bicyclic) bond motifs is 1. The summed E-state index contributed by atoms with van der Waals surface area (Å²) in [5.41, 5.74) is 2.42. The van der Waals surface area contributed by atoms with Crippen molar-refractivity contribution in [2.75, 3.05) is 24.9 Å². The molecule has 31 heavy (non-hydrogen) atoms. The van der Waals surface area contributed by atoms with Gasteiger partial charge in [0.05, 0.1) is 26.3 Å². The molecule has 4 rings (SSSR count). The Morgan fingerprint density at radius 3 is 2.42 bits per heavy atom. The van der Waals surface area contributed by atoms with E-state index in [1.807, 2.05) is 0 Å². The summed E-state index contributed by atoms with van der Waals surface area (Å²) >= 11 is 0. The molecule has 0 aliphatic carbocycles. The third kappa shape index (κ3) is 3.94. The molecule has 0 fully saturated rings. The van der Waals surface area contributed by atoms with E-state index >= 15 is 0 Å². The van der Waals surface area contributed by atoms with Crippen LogP contribution in [0, 0.1) is 12.7 Å². The molecule has 0 saturated carbocycles. The van der Waals surface area contributed by atoms with Crippen molar-refractivity contribution in [1.29, 1.82) is 0 Å². The van der Waals surface area contributed by atoms with E-state index in [0.717, 1.165) is 0 Å². The lowest BCUT2D eigenvalue weighted by Crippen LogP contribution is -2.35. The van der Waals surface area contributed by atoms with Gasteiger partial charge in [-0.25, -0.2) is 9.07 Å². The molecule has 0 unspecified atom stereocenters. The van der Waals surface area contributed by atoms with Crippen LogP contribution in [0.1, 0.15) is 18.0 Å². The fourth-order valence-corrected chi connectivity index (χ4v) is 3.53. The number of hydrogen-bond acceptors (Lipinski definition) is 5.